The van der Waals surface area contributed by atoms with Gasteiger partial charge in [-0.2, -0.15) is 18.4 Å². The molecule has 0 radical (unpaired) electrons. The van der Waals surface area contributed by atoms with Crippen molar-refractivity contribution in [2.75, 3.05) is 26.2 Å². The number of rotatable bonds is 8. The number of aliphatic hydroxyl groups is 1. The van der Waals surface area contributed by atoms with Crippen LogP contribution in [0.15, 0.2) is 78.9 Å². The maximum absolute atomic E-state index is 13.5. The molecular weight excluding hydrogens is 528 g/mol. The third-order valence-corrected chi connectivity index (χ3v) is 6.79. The highest BCUT2D eigenvalue weighted by molar-refractivity contribution is 5.73. The largest absolute Gasteiger partial charge is 0.494 e. The van der Waals surface area contributed by atoms with Gasteiger partial charge in [-0.25, -0.2) is 9.18 Å². The summed E-state index contributed by atoms with van der Waals surface area (Å²) >= 11 is 0. The lowest BCUT2D eigenvalue weighted by molar-refractivity contribution is -0.192. The third kappa shape index (κ3) is 8.28. The Bertz CT molecular complexity index is 1250. The summed E-state index contributed by atoms with van der Waals surface area (Å²) in [5.74, 6) is -2.23. The average molecular weight is 559 g/mol. The van der Waals surface area contributed by atoms with Gasteiger partial charge in [0, 0.05) is 6.54 Å². The van der Waals surface area contributed by atoms with E-state index in [4.69, 9.17) is 19.9 Å². The Balaban J connectivity index is 0.000000559. The number of hydrogen-bond donors (Lipinski definition) is 2. The number of hydrogen-bond acceptors (Lipinski definition) is 5. The standard InChI is InChI=1S/C28H29FN2O2.C2HF3O2/c29-26-11-9-24(10-12-26)28(32,23-5-2-1-3-6-23)25-15-18-31(19-16-25)17-4-20-33-27-13-7-22(21-30)8-14-27;3-2(4,5)1(6)7/h1-3,5-14,25,32H,4,15-20H2;(H,6,7). The lowest BCUT2D eigenvalue weighted by Gasteiger charge is -2.42. The lowest BCUT2D eigenvalue weighted by Crippen LogP contribution is -2.44. The van der Waals surface area contributed by atoms with Crippen molar-refractivity contribution in [1.82, 2.24) is 4.90 Å². The molecule has 0 saturated carbocycles. The van der Waals surface area contributed by atoms with E-state index in [9.17, 15) is 22.7 Å². The number of piperidine rings is 1. The van der Waals surface area contributed by atoms with E-state index in [0.717, 1.165) is 55.8 Å². The maximum atomic E-state index is 13.5. The minimum atomic E-state index is -5.08. The summed E-state index contributed by atoms with van der Waals surface area (Å²) in [4.78, 5) is 11.3. The van der Waals surface area contributed by atoms with Crippen LogP contribution in [0.5, 0.6) is 5.75 Å². The van der Waals surface area contributed by atoms with E-state index in [2.05, 4.69) is 11.0 Å². The molecule has 3 aromatic rings. The molecule has 0 bridgehead atoms. The molecule has 1 fully saturated rings. The summed E-state index contributed by atoms with van der Waals surface area (Å²) in [7, 11) is 0. The number of nitriles is 1. The van der Waals surface area contributed by atoms with Crippen LogP contribution in [0.25, 0.3) is 0 Å². The maximum Gasteiger partial charge on any atom is 0.490 e. The van der Waals surface area contributed by atoms with Crippen molar-refractivity contribution in [2.24, 2.45) is 5.92 Å². The third-order valence-electron chi connectivity index (χ3n) is 6.79. The van der Waals surface area contributed by atoms with E-state index < -0.39 is 17.7 Å². The van der Waals surface area contributed by atoms with Crippen LogP contribution in [0.4, 0.5) is 17.6 Å². The minimum absolute atomic E-state index is 0.0523. The Morgan fingerprint density at radius 3 is 2.02 bits per heavy atom. The number of halogens is 4. The summed E-state index contributed by atoms with van der Waals surface area (Å²) in [6.07, 6.45) is -2.45. The normalized spacial score (nSPS) is 15.7. The fraction of sp³-hybridized carbons (Fsp3) is 0.333. The number of alkyl halides is 3. The van der Waals surface area contributed by atoms with Crippen molar-refractivity contribution >= 4 is 5.97 Å². The van der Waals surface area contributed by atoms with Gasteiger partial charge in [-0.3, -0.25) is 0 Å². The SMILES string of the molecule is N#Cc1ccc(OCCCN2CCC(C(O)(c3ccccc3)c3ccc(F)cc3)CC2)cc1.O=C(O)C(F)(F)F. The van der Waals surface area contributed by atoms with Gasteiger partial charge in [0.25, 0.3) is 0 Å². The van der Waals surface area contributed by atoms with Crippen LogP contribution in [-0.4, -0.2) is 53.5 Å². The highest BCUT2D eigenvalue weighted by Crippen LogP contribution is 2.42. The Kier molecular flexibility index (Phi) is 10.6. The first kappa shape index (κ1) is 30.6. The number of nitrogens with zero attached hydrogens (tertiary/aromatic N) is 2. The second kappa shape index (κ2) is 13.9. The van der Waals surface area contributed by atoms with E-state index in [1.165, 1.54) is 12.1 Å². The number of carbonyl (C=O) groups is 1. The zero-order chi connectivity index (χ0) is 29.2. The molecule has 1 aliphatic rings. The van der Waals surface area contributed by atoms with E-state index in [0.29, 0.717) is 12.2 Å². The molecular formula is C30H30F4N2O4. The van der Waals surface area contributed by atoms with Crippen LogP contribution in [0.3, 0.4) is 0 Å². The first-order chi connectivity index (χ1) is 19.0. The van der Waals surface area contributed by atoms with Crippen molar-refractivity contribution in [1.29, 1.82) is 5.26 Å². The molecule has 1 atom stereocenters. The summed E-state index contributed by atoms with van der Waals surface area (Å²) in [6.45, 7) is 3.36. The molecule has 0 spiro atoms. The quantitative estimate of drug-likeness (QED) is 0.270. The molecule has 212 valence electrons. The van der Waals surface area contributed by atoms with Gasteiger partial charge < -0.3 is 19.8 Å². The Hall–Kier alpha value is -3.94. The predicted molar refractivity (Wildman–Crippen MR) is 140 cm³/mol. The molecule has 0 amide bonds. The van der Waals surface area contributed by atoms with Crippen LogP contribution in [0.2, 0.25) is 0 Å². The molecule has 40 heavy (non-hydrogen) atoms. The number of ether oxygens (including phenoxy) is 1. The van der Waals surface area contributed by atoms with Gasteiger partial charge in [-0.1, -0.05) is 42.5 Å². The molecule has 2 N–H and O–H groups in total. The highest BCUT2D eigenvalue weighted by Gasteiger charge is 2.41. The number of benzene rings is 3. The van der Waals surface area contributed by atoms with E-state index in [-0.39, 0.29) is 11.7 Å². The van der Waals surface area contributed by atoms with Gasteiger partial charge in [0.2, 0.25) is 0 Å². The van der Waals surface area contributed by atoms with Crippen molar-refractivity contribution in [3.63, 3.8) is 0 Å². The zero-order valence-corrected chi connectivity index (χ0v) is 21.6. The molecule has 1 aliphatic heterocycles. The van der Waals surface area contributed by atoms with Gasteiger partial charge in [0.15, 0.2) is 0 Å². The summed E-state index contributed by atoms with van der Waals surface area (Å²) in [6, 6.07) is 25.2. The number of aliphatic carboxylic acids is 1. The van der Waals surface area contributed by atoms with E-state index in [1.54, 1.807) is 24.3 Å². The summed E-state index contributed by atoms with van der Waals surface area (Å²) < 4.78 is 51.1. The predicted octanol–water partition coefficient (Wildman–Crippen LogP) is 5.75. The van der Waals surface area contributed by atoms with Crippen LogP contribution in [-0.2, 0) is 10.4 Å². The number of carboxylic acids is 1. The van der Waals surface area contributed by atoms with Gasteiger partial charge >= 0.3 is 12.1 Å². The molecule has 4 rings (SSSR count). The Labute approximate surface area is 230 Å². The molecule has 1 unspecified atom stereocenters. The lowest BCUT2D eigenvalue weighted by atomic mass is 9.72. The van der Waals surface area contributed by atoms with Gasteiger partial charge in [0.05, 0.1) is 18.2 Å². The van der Waals surface area contributed by atoms with Crippen molar-refractivity contribution in [2.45, 2.75) is 31.0 Å². The van der Waals surface area contributed by atoms with Gasteiger partial charge in [-0.15, -0.1) is 0 Å². The smallest absolute Gasteiger partial charge is 0.490 e. The molecule has 3 aromatic carbocycles. The molecule has 1 saturated heterocycles. The van der Waals surface area contributed by atoms with Crippen LogP contribution in [0.1, 0.15) is 36.0 Å². The van der Waals surface area contributed by atoms with Crippen molar-refractivity contribution in [3.05, 3.63) is 101 Å². The van der Waals surface area contributed by atoms with Gasteiger partial charge in [-0.05, 0) is 85.8 Å². The fourth-order valence-electron chi connectivity index (χ4n) is 4.71. The van der Waals surface area contributed by atoms with E-state index >= 15 is 0 Å². The Morgan fingerprint density at radius 2 is 1.50 bits per heavy atom. The minimum Gasteiger partial charge on any atom is -0.494 e. The molecule has 10 heteroatoms. The van der Waals surface area contributed by atoms with Crippen LogP contribution in [0, 0.1) is 23.1 Å². The topological polar surface area (TPSA) is 93.8 Å². The molecule has 0 aliphatic carbocycles. The summed E-state index contributed by atoms with van der Waals surface area (Å²) in [5.41, 5.74) is 1.08. The first-order valence-corrected chi connectivity index (χ1v) is 12.7. The first-order valence-electron chi connectivity index (χ1n) is 12.7. The average Bonchev–Trinajstić information content (AvgIpc) is 2.96. The fourth-order valence-corrected chi connectivity index (χ4v) is 4.71. The highest BCUT2D eigenvalue weighted by atomic mass is 19.4. The van der Waals surface area contributed by atoms with Crippen LogP contribution < -0.4 is 4.74 Å². The van der Waals surface area contributed by atoms with Crippen molar-refractivity contribution < 1.29 is 37.3 Å². The second-order valence-corrected chi connectivity index (χ2v) is 9.40. The Morgan fingerprint density at radius 1 is 0.950 bits per heavy atom. The zero-order valence-electron chi connectivity index (χ0n) is 21.6. The monoisotopic (exact) mass is 558 g/mol. The molecule has 1 heterocycles. The summed E-state index contributed by atoms with van der Waals surface area (Å²) in [5, 5.41) is 27.9. The second-order valence-electron chi connectivity index (χ2n) is 9.40. The van der Waals surface area contributed by atoms with Crippen LogP contribution >= 0.6 is 0 Å². The van der Waals surface area contributed by atoms with E-state index in [1.807, 2.05) is 42.5 Å². The molecule has 6 nitrogen and oxygen atoms in total. The molecule has 0 aromatic heterocycles. The van der Waals surface area contributed by atoms with Gasteiger partial charge in [0.1, 0.15) is 17.2 Å². The number of likely N-dealkylation sites (tertiary alicyclic amines) is 1. The van der Waals surface area contributed by atoms with Crippen molar-refractivity contribution in [3.8, 4) is 11.8 Å². The number of carboxylic acid groups (broad SMARTS) is 1.